The van der Waals surface area contributed by atoms with Crippen molar-refractivity contribution in [2.45, 2.75) is 19.4 Å². The maximum Gasteiger partial charge on any atom is 0.335 e. The van der Waals surface area contributed by atoms with Crippen LogP contribution in [0.1, 0.15) is 28.8 Å². The largest absolute Gasteiger partial charge is 0.478 e. The molecule has 1 aliphatic rings. The number of likely N-dealkylation sites (tertiary alicyclic amines) is 1. The van der Waals surface area contributed by atoms with E-state index in [2.05, 4.69) is 11.2 Å². The highest BCUT2D eigenvalue weighted by atomic mass is 32.2. The topological polar surface area (TPSA) is 40.5 Å². The lowest BCUT2D eigenvalue weighted by molar-refractivity contribution is 0.0697. The van der Waals surface area contributed by atoms with Gasteiger partial charge in [0.05, 0.1) is 5.56 Å². The minimum atomic E-state index is -0.857. The van der Waals surface area contributed by atoms with Crippen LogP contribution in [0.5, 0.6) is 0 Å². The lowest BCUT2D eigenvalue weighted by Crippen LogP contribution is -2.33. The Balaban J connectivity index is 1.83. The predicted octanol–water partition coefficient (Wildman–Crippen LogP) is 2.96. The van der Waals surface area contributed by atoms with Gasteiger partial charge in [-0.05, 0) is 61.6 Å². The molecule has 1 saturated heterocycles. The number of thioether (sulfide) groups is 1. The van der Waals surface area contributed by atoms with Crippen molar-refractivity contribution in [3.05, 3.63) is 35.4 Å². The number of benzene rings is 1. The maximum absolute atomic E-state index is 10.8. The number of piperidine rings is 1. The first kappa shape index (κ1) is 14.4. The Morgan fingerprint density at radius 2 is 1.95 bits per heavy atom. The first-order valence-electron chi connectivity index (χ1n) is 6.72. The number of hydrogen-bond acceptors (Lipinski definition) is 3. The third-order valence-electron chi connectivity index (χ3n) is 3.72. The molecule has 3 nitrogen and oxygen atoms in total. The molecule has 0 unspecified atom stereocenters. The van der Waals surface area contributed by atoms with Crippen LogP contribution < -0.4 is 0 Å². The molecule has 104 valence electrons. The van der Waals surface area contributed by atoms with Gasteiger partial charge in [-0.3, -0.25) is 4.90 Å². The van der Waals surface area contributed by atoms with Crippen molar-refractivity contribution < 1.29 is 9.90 Å². The molecular weight excluding hydrogens is 258 g/mol. The third-order valence-corrected chi connectivity index (χ3v) is 4.52. The van der Waals surface area contributed by atoms with Crippen molar-refractivity contribution in [2.75, 3.05) is 25.1 Å². The molecule has 2 rings (SSSR count). The average molecular weight is 279 g/mol. The number of hydrogen-bond donors (Lipinski definition) is 1. The Bertz CT molecular complexity index is 411. The van der Waals surface area contributed by atoms with Gasteiger partial charge in [0.15, 0.2) is 0 Å². The first-order chi connectivity index (χ1) is 9.19. The molecule has 1 fully saturated rings. The highest BCUT2D eigenvalue weighted by Gasteiger charge is 2.18. The van der Waals surface area contributed by atoms with Crippen LogP contribution in [0.2, 0.25) is 0 Å². The molecule has 1 aliphatic heterocycles. The fraction of sp³-hybridized carbons (Fsp3) is 0.533. The molecule has 0 saturated carbocycles. The van der Waals surface area contributed by atoms with Crippen LogP contribution >= 0.6 is 11.8 Å². The third kappa shape index (κ3) is 4.25. The lowest BCUT2D eigenvalue weighted by Gasteiger charge is -2.31. The van der Waals surface area contributed by atoms with Gasteiger partial charge in [0, 0.05) is 6.54 Å². The van der Waals surface area contributed by atoms with Crippen LogP contribution in [-0.2, 0) is 6.54 Å². The molecule has 1 aromatic carbocycles. The minimum absolute atomic E-state index is 0.363. The van der Waals surface area contributed by atoms with E-state index >= 15 is 0 Å². The SMILES string of the molecule is CSCC1CCN(Cc2ccc(C(=O)O)cc2)CC1. The van der Waals surface area contributed by atoms with E-state index in [9.17, 15) is 4.79 Å². The molecule has 0 aliphatic carbocycles. The summed E-state index contributed by atoms with van der Waals surface area (Å²) < 4.78 is 0. The lowest BCUT2D eigenvalue weighted by atomic mass is 9.98. The van der Waals surface area contributed by atoms with Gasteiger partial charge in [-0.25, -0.2) is 4.79 Å². The fourth-order valence-electron chi connectivity index (χ4n) is 2.56. The van der Waals surface area contributed by atoms with E-state index in [-0.39, 0.29) is 0 Å². The smallest absolute Gasteiger partial charge is 0.335 e. The van der Waals surface area contributed by atoms with Gasteiger partial charge >= 0.3 is 5.97 Å². The van der Waals surface area contributed by atoms with Gasteiger partial charge < -0.3 is 5.11 Å². The summed E-state index contributed by atoms with van der Waals surface area (Å²) in [6.45, 7) is 3.25. The average Bonchev–Trinajstić information content (AvgIpc) is 2.42. The summed E-state index contributed by atoms with van der Waals surface area (Å²) in [4.78, 5) is 13.3. The Labute approximate surface area is 119 Å². The van der Waals surface area contributed by atoms with E-state index in [1.165, 1.54) is 24.2 Å². The molecule has 1 heterocycles. The Hall–Kier alpha value is -1.00. The van der Waals surface area contributed by atoms with Crippen LogP contribution in [0.15, 0.2) is 24.3 Å². The number of nitrogens with zero attached hydrogens (tertiary/aromatic N) is 1. The standard InChI is InChI=1S/C15H21NO2S/c1-19-11-13-6-8-16(9-7-13)10-12-2-4-14(5-3-12)15(17)18/h2-5,13H,6-11H2,1H3,(H,17,18). The van der Waals surface area contributed by atoms with Crippen LogP contribution in [0.4, 0.5) is 0 Å². The summed E-state index contributed by atoms with van der Waals surface area (Å²) in [7, 11) is 0. The molecule has 1 aromatic rings. The highest BCUT2D eigenvalue weighted by Crippen LogP contribution is 2.21. The van der Waals surface area contributed by atoms with E-state index in [1.807, 2.05) is 23.9 Å². The molecular formula is C15H21NO2S. The summed E-state index contributed by atoms with van der Waals surface area (Å²) >= 11 is 1.94. The number of rotatable bonds is 5. The Morgan fingerprint density at radius 3 is 2.47 bits per heavy atom. The Kier molecular flexibility index (Phi) is 5.28. The molecule has 0 radical (unpaired) electrons. The number of carbonyl (C=O) groups is 1. The highest BCUT2D eigenvalue weighted by molar-refractivity contribution is 7.98. The summed E-state index contributed by atoms with van der Waals surface area (Å²) in [5, 5.41) is 8.86. The number of carboxylic acid groups (broad SMARTS) is 1. The summed E-state index contributed by atoms with van der Waals surface area (Å²) in [5.74, 6) is 1.30. The van der Waals surface area contributed by atoms with Gasteiger partial charge in [0.25, 0.3) is 0 Å². The van der Waals surface area contributed by atoms with E-state index in [4.69, 9.17) is 5.11 Å². The van der Waals surface area contributed by atoms with E-state index < -0.39 is 5.97 Å². The Morgan fingerprint density at radius 1 is 1.32 bits per heavy atom. The van der Waals surface area contributed by atoms with Gasteiger partial charge in [0.2, 0.25) is 0 Å². The molecule has 0 atom stereocenters. The quantitative estimate of drug-likeness (QED) is 0.899. The molecule has 0 aromatic heterocycles. The maximum atomic E-state index is 10.8. The van der Waals surface area contributed by atoms with Crippen LogP contribution in [-0.4, -0.2) is 41.1 Å². The van der Waals surface area contributed by atoms with E-state index in [0.29, 0.717) is 5.56 Å². The zero-order chi connectivity index (χ0) is 13.7. The van der Waals surface area contributed by atoms with E-state index in [0.717, 1.165) is 25.6 Å². The van der Waals surface area contributed by atoms with Crippen LogP contribution in [0, 0.1) is 5.92 Å². The zero-order valence-electron chi connectivity index (χ0n) is 11.3. The van der Waals surface area contributed by atoms with E-state index in [1.54, 1.807) is 12.1 Å². The van der Waals surface area contributed by atoms with Gasteiger partial charge in [0.1, 0.15) is 0 Å². The van der Waals surface area contributed by atoms with Crippen LogP contribution in [0.3, 0.4) is 0 Å². The van der Waals surface area contributed by atoms with Crippen molar-refractivity contribution in [1.29, 1.82) is 0 Å². The molecule has 0 spiro atoms. The van der Waals surface area contributed by atoms with Gasteiger partial charge in [-0.1, -0.05) is 12.1 Å². The number of carboxylic acids is 1. The minimum Gasteiger partial charge on any atom is -0.478 e. The second-order valence-corrected chi connectivity index (χ2v) is 6.09. The van der Waals surface area contributed by atoms with Crippen molar-refractivity contribution in [3.8, 4) is 0 Å². The predicted molar refractivity (Wildman–Crippen MR) is 79.8 cm³/mol. The first-order valence-corrected chi connectivity index (χ1v) is 8.12. The molecule has 4 heteroatoms. The molecule has 1 N–H and O–H groups in total. The normalized spacial score (nSPS) is 17.5. The fourth-order valence-corrected chi connectivity index (χ4v) is 3.36. The van der Waals surface area contributed by atoms with Crippen LogP contribution in [0.25, 0.3) is 0 Å². The summed E-state index contributed by atoms with van der Waals surface area (Å²) in [5.41, 5.74) is 1.57. The second kappa shape index (κ2) is 6.96. The van der Waals surface area contributed by atoms with Crippen molar-refractivity contribution in [2.24, 2.45) is 5.92 Å². The monoisotopic (exact) mass is 279 g/mol. The van der Waals surface area contributed by atoms with Crippen molar-refractivity contribution in [3.63, 3.8) is 0 Å². The van der Waals surface area contributed by atoms with Gasteiger partial charge in [-0.2, -0.15) is 11.8 Å². The second-order valence-electron chi connectivity index (χ2n) is 5.18. The molecule has 0 amide bonds. The zero-order valence-corrected chi connectivity index (χ0v) is 12.2. The van der Waals surface area contributed by atoms with Crippen molar-refractivity contribution >= 4 is 17.7 Å². The summed E-state index contributed by atoms with van der Waals surface area (Å²) in [6, 6.07) is 7.24. The molecule has 0 bridgehead atoms. The van der Waals surface area contributed by atoms with Crippen molar-refractivity contribution in [1.82, 2.24) is 4.90 Å². The molecule has 19 heavy (non-hydrogen) atoms. The summed E-state index contributed by atoms with van der Waals surface area (Å²) in [6.07, 6.45) is 4.75. The van der Waals surface area contributed by atoms with Gasteiger partial charge in [-0.15, -0.1) is 0 Å². The number of aromatic carboxylic acids is 1.